The van der Waals surface area contributed by atoms with Crippen LogP contribution in [0.1, 0.15) is 72.3 Å². The van der Waals surface area contributed by atoms with E-state index >= 15 is 0 Å². The van der Waals surface area contributed by atoms with Gasteiger partial charge >= 0.3 is 0 Å². The third-order valence-corrected chi connectivity index (χ3v) is 14.5. The van der Waals surface area contributed by atoms with Crippen molar-refractivity contribution in [2.45, 2.75) is 95.4 Å². The summed E-state index contributed by atoms with van der Waals surface area (Å²) in [5.74, 6) is 3.32. The van der Waals surface area contributed by atoms with Crippen molar-refractivity contribution in [1.29, 1.82) is 0 Å². The van der Waals surface area contributed by atoms with Gasteiger partial charge in [0.2, 0.25) is 0 Å². The van der Waals surface area contributed by atoms with Crippen LogP contribution < -0.4 is 0 Å². The minimum absolute atomic E-state index is 0.297. The van der Waals surface area contributed by atoms with E-state index in [0.717, 1.165) is 19.4 Å². The van der Waals surface area contributed by atoms with E-state index < -0.39 is 8.32 Å². The molecule has 0 unspecified atom stereocenters. The van der Waals surface area contributed by atoms with E-state index in [0.29, 0.717) is 15.0 Å². The normalized spacial score (nSPS) is 19.1. The zero-order chi connectivity index (χ0) is 22.3. The Kier molecular flexibility index (Phi) is 10.2. The molecule has 5 heteroatoms. The summed E-state index contributed by atoms with van der Waals surface area (Å²) < 4.78 is 12.0. The lowest BCUT2D eigenvalue weighted by Gasteiger charge is -2.39. The van der Waals surface area contributed by atoms with Crippen molar-refractivity contribution in [3.05, 3.63) is 35.8 Å². The van der Waals surface area contributed by atoms with Crippen LogP contribution in [0, 0.1) is 5.92 Å². The lowest BCUT2D eigenvalue weighted by Crippen LogP contribution is -2.41. The molecule has 0 aromatic carbocycles. The van der Waals surface area contributed by atoms with E-state index in [-0.39, 0.29) is 0 Å². The summed E-state index contributed by atoms with van der Waals surface area (Å²) in [6.45, 7) is 17.4. The first-order chi connectivity index (χ1) is 14.0. The second kappa shape index (κ2) is 11.7. The maximum absolute atomic E-state index is 6.46. The molecular formula is C25H44O2S2Si. The second-order valence-electron chi connectivity index (χ2n) is 10.6. The van der Waals surface area contributed by atoms with Gasteiger partial charge in [-0.15, -0.1) is 23.5 Å². The minimum Gasteiger partial charge on any atom is -0.472 e. The van der Waals surface area contributed by atoms with E-state index in [9.17, 15) is 0 Å². The molecule has 2 nitrogen and oxygen atoms in total. The third-order valence-electron chi connectivity index (χ3n) is 6.61. The van der Waals surface area contributed by atoms with Crippen molar-refractivity contribution >= 4 is 31.8 Å². The zero-order valence-electron chi connectivity index (χ0n) is 20.4. The van der Waals surface area contributed by atoms with Crippen molar-refractivity contribution in [3.8, 4) is 0 Å². The molecule has 0 bridgehead atoms. The monoisotopic (exact) mass is 468 g/mol. The first-order valence-electron chi connectivity index (χ1n) is 11.6. The summed E-state index contributed by atoms with van der Waals surface area (Å²) >= 11 is 4.43. The fourth-order valence-electron chi connectivity index (χ4n) is 3.69. The van der Waals surface area contributed by atoms with Gasteiger partial charge in [0.1, 0.15) is 0 Å². The van der Waals surface area contributed by atoms with Gasteiger partial charge in [-0.05, 0) is 92.6 Å². The van der Waals surface area contributed by atoms with E-state index in [1.165, 1.54) is 42.8 Å². The first kappa shape index (κ1) is 26.2. The molecule has 0 radical (unpaired) electrons. The number of aryl methyl sites for hydroxylation is 1. The van der Waals surface area contributed by atoms with Crippen molar-refractivity contribution in [3.63, 3.8) is 0 Å². The van der Waals surface area contributed by atoms with Crippen LogP contribution in [0.4, 0.5) is 0 Å². The Hall–Kier alpha value is -0.103. The Morgan fingerprint density at radius 3 is 2.60 bits per heavy atom. The summed E-state index contributed by atoms with van der Waals surface area (Å²) in [5.41, 5.74) is 2.84. The Morgan fingerprint density at radius 1 is 1.30 bits per heavy atom. The maximum atomic E-state index is 6.46. The standard InChI is InChI=1S/C25H44O2S2Si/c1-21(10-8-11-23-13-14-26-20-23)18-25(28-16-9-17-29-25)19-22(2)12-15-27-30(6,7)24(3,4)5/h10,13-14,20,22H,8-9,11-12,15-19H2,1-7H3/b21-10+/t22-/m0/s1. The van der Waals surface area contributed by atoms with Crippen LogP contribution in [0.2, 0.25) is 18.1 Å². The van der Waals surface area contributed by atoms with Gasteiger partial charge < -0.3 is 8.84 Å². The Morgan fingerprint density at radius 2 is 2.00 bits per heavy atom. The molecule has 1 saturated heterocycles. The zero-order valence-corrected chi connectivity index (χ0v) is 23.0. The van der Waals surface area contributed by atoms with Crippen LogP contribution in [-0.2, 0) is 10.8 Å². The molecule has 0 spiro atoms. The Labute approximate surface area is 195 Å². The molecule has 2 rings (SSSR count). The van der Waals surface area contributed by atoms with Crippen LogP contribution in [0.3, 0.4) is 0 Å². The van der Waals surface area contributed by atoms with Gasteiger partial charge in [-0.3, -0.25) is 0 Å². The van der Waals surface area contributed by atoms with Crippen molar-refractivity contribution in [1.82, 2.24) is 0 Å². The fourth-order valence-corrected chi connectivity index (χ4v) is 8.55. The van der Waals surface area contributed by atoms with Crippen LogP contribution in [0.5, 0.6) is 0 Å². The highest BCUT2D eigenvalue weighted by atomic mass is 32.2. The van der Waals surface area contributed by atoms with Crippen molar-refractivity contribution in [2.75, 3.05) is 18.1 Å². The predicted octanol–water partition coefficient (Wildman–Crippen LogP) is 8.55. The lowest BCUT2D eigenvalue weighted by molar-refractivity contribution is 0.254. The van der Waals surface area contributed by atoms with E-state index in [4.69, 9.17) is 8.84 Å². The fraction of sp³-hybridized carbons (Fsp3) is 0.760. The summed E-state index contributed by atoms with van der Waals surface area (Å²) in [6.07, 6.45) is 13.3. The maximum Gasteiger partial charge on any atom is 0.191 e. The van der Waals surface area contributed by atoms with Gasteiger partial charge in [0, 0.05) is 6.61 Å². The van der Waals surface area contributed by atoms with Crippen molar-refractivity contribution < 1.29 is 8.84 Å². The average Bonchev–Trinajstić information content (AvgIpc) is 3.14. The molecule has 30 heavy (non-hydrogen) atoms. The molecule has 1 atom stereocenters. The van der Waals surface area contributed by atoms with Gasteiger partial charge in [-0.25, -0.2) is 0 Å². The van der Waals surface area contributed by atoms with Gasteiger partial charge in [-0.1, -0.05) is 39.3 Å². The molecule has 0 aliphatic carbocycles. The second-order valence-corrected chi connectivity index (χ2v) is 18.6. The van der Waals surface area contributed by atoms with Gasteiger partial charge in [0.15, 0.2) is 8.32 Å². The summed E-state index contributed by atoms with van der Waals surface area (Å²) in [6, 6.07) is 2.07. The van der Waals surface area contributed by atoms with Crippen LogP contribution in [-0.4, -0.2) is 30.5 Å². The van der Waals surface area contributed by atoms with Crippen molar-refractivity contribution in [2.24, 2.45) is 5.92 Å². The molecule has 1 aromatic heterocycles. The SMILES string of the molecule is C/C(=C\CCc1ccoc1)CC1(C[C@@H](C)CCO[Si](C)(C)C(C)(C)C)SCCCS1. The molecule has 2 heterocycles. The van der Waals surface area contributed by atoms with Gasteiger partial charge in [-0.2, -0.15) is 0 Å². The summed E-state index contributed by atoms with van der Waals surface area (Å²) in [4.78, 5) is 0. The number of allylic oxidation sites excluding steroid dienone is 2. The molecule has 0 saturated carbocycles. The lowest BCUT2D eigenvalue weighted by atomic mass is 9.97. The molecule has 1 aromatic rings. The number of furan rings is 1. The minimum atomic E-state index is -1.63. The highest BCUT2D eigenvalue weighted by Gasteiger charge is 2.38. The van der Waals surface area contributed by atoms with Crippen LogP contribution >= 0.6 is 23.5 Å². The molecule has 0 amide bonds. The van der Waals surface area contributed by atoms with E-state index in [1.54, 1.807) is 11.8 Å². The Bertz CT molecular complexity index is 641. The topological polar surface area (TPSA) is 22.4 Å². The largest absolute Gasteiger partial charge is 0.472 e. The molecular weight excluding hydrogens is 424 g/mol. The quantitative estimate of drug-likeness (QED) is 0.239. The number of hydrogen-bond acceptors (Lipinski definition) is 4. The number of hydrogen-bond donors (Lipinski definition) is 0. The smallest absolute Gasteiger partial charge is 0.191 e. The van der Waals surface area contributed by atoms with Crippen LogP contribution in [0.15, 0.2) is 34.7 Å². The molecule has 172 valence electrons. The first-order valence-corrected chi connectivity index (χ1v) is 16.5. The third kappa shape index (κ3) is 8.44. The molecule has 1 aliphatic heterocycles. The van der Waals surface area contributed by atoms with Crippen LogP contribution in [0.25, 0.3) is 0 Å². The van der Waals surface area contributed by atoms with Gasteiger partial charge in [0.05, 0.1) is 16.6 Å². The average molecular weight is 469 g/mol. The Balaban J connectivity index is 1.87. The summed E-state index contributed by atoms with van der Waals surface area (Å²) in [5, 5.41) is 0.297. The van der Waals surface area contributed by atoms with Gasteiger partial charge in [0.25, 0.3) is 0 Å². The number of thioether (sulfide) groups is 2. The number of rotatable bonds is 11. The predicted molar refractivity (Wildman–Crippen MR) is 139 cm³/mol. The molecule has 1 aliphatic rings. The summed E-state index contributed by atoms with van der Waals surface area (Å²) in [7, 11) is -1.63. The molecule has 1 fully saturated rings. The van der Waals surface area contributed by atoms with E-state index in [1.807, 2.05) is 6.26 Å². The van der Waals surface area contributed by atoms with E-state index in [2.05, 4.69) is 83.4 Å². The molecule has 0 N–H and O–H groups in total. The highest BCUT2D eigenvalue weighted by Crippen LogP contribution is 2.50. The highest BCUT2D eigenvalue weighted by molar-refractivity contribution is 8.18.